The highest BCUT2D eigenvalue weighted by Crippen LogP contribution is 2.27. The number of fused-ring (bicyclic) bond motifs is 2. The van der Waals surface area contributed by atoms with Crippen molar-refractivity contribution in [3.63, 3.8) is 0 Å². The number of carbonyl (C=O) groups excluding carboxylic acids is 2. The van der Waals surface area contributed by atoms with Crippen LogP contribution in [0.25, 0.3) is 0 Å². The van der Waals surface area contributed by atoms with E-state index in [2.05, 4.69) is 15.5 Å². The summed E-state index contributed by atoms with van der Waals surface area (Å²) in [7, 11) is 0. The standard InChI is InChI=1S/C14H19N3O2S/c18-13-6-10-3-4-11(7-15-13)17(10)9-14(19)16-8-12-2-1-5-20-12/h1-2,5,10-11H,3-4,6-9H2,(H,15,18)(H,16,19)/t10-,11+/m0/s1. The summed E-state index contributed by atoms with van der Waals surface area (Å²) >= 11 is 1.65. The van der Waals surface area contributed by atoms with E-state index in [1.54, 1.807) is 11.3 Å². The molecule has 0 spiro atoms. The Morgan fingerprint density at radius 1 is 1.45 bits per heavy atom. The van der Waals surface area contributed by atoms with E-state index in [9.17, 15) is 9.59 Å². The maximum atomic E-state index is 12.1. The van der Waals surface area contributed by atoms with Crippen LogP contribution >= 0.6 is 11.3 Å². The van der Waals surface area contributed by atoms with Gasteiger partial charge in [-0.05, 0) is 24.3 Å². The van der Waals surface area contributed by atoms with E-state index >= 15 is 0 Å². The molecule has 6 heteroatoms. The van der Waals surface area contributed by atoms with Crippen LogP contribution in [-0.4, -0.2) is 41.9 Å². The van der Waals surface area contributed by atoms with Crippen LogP contribution in [0, 0.1) is 0 Å². The maximum Gasteiger partial charge on any atom is 0.234 e. The van der Waals surface area contributed by atoms with Crippen molar-refractivity contribution in [3.05, 3.63) is 22.4 Å². The van der Waals surface area contributed by atoms with Crippen LogP contribution in [-0.2, 0) is 16.1 Å². The molecule has 0 unspecified atom stereocenters. The van der Waals surface area contributed by atoms with Gasteiger partial charge in [0.1, 0.15) is 0 Å². The number of thiophene rings is 1. The first-order chi connectivity index (χ1) is 9.72. The van der Waals surface area contributed by atoms with Crippen LogP contribution in [0.5, 0.6) is 0 Å². The van der Waals surface area contributed by atoms with Gasteiger partial charge in [-0.15, -0.1) is 11.3 Å². The first-order valence-electron chi connectivity index (χ1n) is 7.04. The van der Waals surface area contributed by atoms with E-state index < -0.39 is 0 Å². The Morgan fingerprint density at radius 3 is 3.10 bits per heavy atom. The van der Waals surface area contributed by atoms with Gasteiger partial charge in [0.05, 0.1) is 13.1 Å². The average molecular weight is 293 g/mol. The third-order valence-corrected chi connectivity index (χ3v) is 4.97. The molecule has 2 aliphatic heterocycles. The normalized spacial score (nSPS) is 26.1. The number of rotatable bonds is 4. The Labute approximate surface area is 122 Å². The average Bonchev–Trinajstić information content (AvgIpc) is 3.01. The first-order valence-corrected chi connectivity index (χ1v) is 7.92. The number of hydrogen-bond acceptors (Lipinski definition) is 4. The van der Waals surface area contributed by atoms with Crippen molar-refractivity contribution in [2.75, 3.05) is 13.1 Å². The summed E-state index contributed by atoms with van der Waals surface area (Å²) in [5, 5.41) is 7.89. The molecule has 3 heterocycles. The van der Waals surface area contributed by atoms with Crippen molar-refractivity contribution in [3.8, 4) is 0 Å². The minimum Gasteiger partial charge on any atom is -0.354 e. The van der Waals surface area contributed by atoms with Gasteiger partial charge < -0.3 is 10.6 Å². The molecule has 2 atom stereocenters. The summed E-state index contributed by atoms with van der Waals surface area (Å²) < 4.78 is 0. The Balaban J connectivity index is 1.54. The first kappa shape index (κ1) is 13.6. The highest BCUT2D eigenvalue weighted by atomic mass is 32.1. The van der Waals surface area contributed by atoms with Crippen molar-refractivity contribution >= 4 is 23.2 Å². The predicted octanol–water partition coefficient (Wildman–Crippen LogP) is 0.717. The number of nitrogens with zero attached hydrogens (tertiary/aromatic N) is 1. The molecule has 0 radical (unpaired) electrons. The molecule has 2 N–H and O–H groups in total. The molecule has 3 rings (SSSR count). The minimum atomic E-state index is 0.0460. The number of nitrogens with one attached hydrogen (secondary N) is 2. The Bertz CT molecular complexity index is 489. The monoisotopic (exact) mass is 293 g/mol. The van der Waals surface area contributed by atoms with Crippen molar-refractivity contribution < 1.29 is 9.59 Å². The Morgan fingerprint density at radius 2 is 2.30 bits per heavy atom. The fourth-order valence-corrected chi connectivity index (χ4v) is 3.69. The quantitative estimate of drug-likeness (QED) is 0.860. The Kier molecular flexibility index (Phi) is 4.03. The van der Waals surface area contributed by atoms with Gasteiger partial charge in [0.15, 0.2) is 0 Å². The second kappa shape index (κ2) is 5.93. The second-order valence-electron chi connectivity index (χ2n) is 5.42. The van der Waals surface area contributed by atoms with Crippen LogP contribution in [0.1, 0.15) is 24.1 Å². The molecule has 2 fully saturated rings. The van der Waals surface area contributed by atoms with E-state index in [0.717, 1.165) is 17.7 Å². The van der Waals surface area contributed by atoms with Gasteiger partial charge in [-0.2, -0.15) is 0 Å². The zero-order chi connectivity index (χ0) is 13.9. The molecule has 5 nitrogen and oxygen atoms in total. The number of carbonyl (C=O) groups is 2. The fraction of sp³-hybridized carbons (Fsp3) is 0.571. The molecule has 0 aliphatic carbocycles. The van der Waals surface area contributed by atoms with Gasteiger partial charge >= 0.3 is 0 Å². The lowest BCUT2D eigenvalue weighted by atomic mass is 10.1. The summed E-state index contributed by atoms with van der Waals surface area (Å²) in [6, 6.07) is 4.55. The molecule has 0 aromatic carbocycles. The summed E-state index contributed by atoms with van der Waals surface area (Å²) in [5.41, 5.74) is 0. The highest BCUT2D eigenvalue weighted by Gasteiger charge is 2.38. The summed E-state index contributed by atoms with van der Waals surface area (Å²) in [4.78, 5) is 27.0. The third kappa shape index (κ3) is 3.02. The molecule has 2 amide bonds. The number of hydrogen-bond donors (Lipinski definition) is 2. The maximum absolute atomic E-state index is 12.1. The van der Waals surface area contributed by atoms with Crippen molar-refractivity contribution in [2.45, 2.75) is 37.9 Å². The second-order valence-corrected chi connectivity index (χ2v) is 6.45. The largest absolute Gasteiger partial charge is 0.354 e. The van der Waals surface area contributed by atoms with E-state index in [-0.39, 0.29) is 17.9 Å². The molecule has 2 aliphatic rings. The highest BCUT2D eigenvalue weighted by molar-refractivity contribution is 7.09. The van der Waals surface area contributed by atoms with Crippen LogP contribution in [0.15, 0.2) is 17.5 Å². The van der Waals surface area contributed by atoms with Gasteiger partial charge in [0, 0.05) is 29.9 Å². The van der Waals surface area contributed by atoms with Crippen molar-refractivity contribution in [2.24, 2.45) is 0 Å². The van der Waals surface area contributed by atoms with Gasteiger partial charge in [-0.3, -0.25) is 14.5 Å². The zero-order valence-electron chi connectivity index (χ0n) is 11.3. The lowest BCUT2D eigenvalue weighted by molar-refractivity contribution is -0.124. The smallest absolute Gasteiger partial charge is 0.234 e. The van der Waals surface area contributed by atoms with Crippen LogP contribution in [0.3, 0.4) is 0 Å². The Hall–Kier alpha value is -1.40. The summed E-state index contributed by atoms with van der Waals surface area (Å²) in [5.74, 6) is 0.158. The van der Waals surface area contributed by atoms with E-state index in [1.807, 2.05) is 17.5 Å². The van der Waals surface area contributed by atoms with E-state index in [0.29, 0.717) is 32.1 Å². The lowest BCUT2D eigenvalue weighted by Crippen LogP contribution is -2.44. The molecule has 1 aromatic rings. The predicted molar refractivity (Wildman–Crippen MR) is 77.3 cm³/mol. The topological polar surface area (TPSA) is 61.4 Å². The molecule has 2 saturated heterocycles. The van der Waals surface area contributed by atoms with Gasteiger partial charge in [-0.25, -0.2) is 0 Å². The van der Waals surface area contributed by atoms with Crippen LogP contribution < -0.4 is 10.6 Å². The third-order valence-electron chi connectivity index (χ3n) is 4.09. The van der Waals surface area contributed by atoms with Gasteiger partial charge in [0.25, 0.3) is 0 Å². The number of amides is 2. The summed E-state index contributed by atoms with van der Waals surface area (Å²) in [6.07, 6.45) is 2.62. The molecule has 20 heavy (non-hydrogen) atoms. The van der Waals surface area contributed by atoms with E-state index in [1.165, 1.54) is 0 Å². The molecule has 108 valence electrons. The molecule has 0 saturated carbocycles. The minimum absolute atomic E-state index is 0.0460. The molecule has 2 bridgehead atoms. The van der Waals surface area contributed by atoms with E-state index in [4.69, 9.17) is 0 Å². The van der Waals surface area contributed by atoms with Crippen molar-refractivity contribution in [1.29, 1.82) is 0 Å². The summed E-state index contributed by atoms with van der Waals surface area (Å²) in [6.45, 7) is 1.67. The van der Waals surface area contributed by atoms with Gasteiger partial charge in [-0.1, -0.05) is 6.07 Å². The molecular formula is C14H19N3O2S. The zero-order valence-corrected chi connectivity index (χ0v) is 12.1. The SMILES string of the molecule is O=C1C[C@@H]2CC[C@H](CN1)N2CC(=O)NCc1cccs1. The molecular weight excluding hydrogens is 274 g/mol. The fourth-order valence-electron chi connectivity index (χ4n) is 3.05. The van der Waals surface area contributed by atoms with Crippen molar-refractivity contribution in [1.82, 2.24) is 15.5 Å². The van der Waals surface area contributed by atoms with Crippen LogP contribution in [0.4, 0.5) is 0 Å². The lowest BCUT2D eigenvalue weighted by Gasteiger charge is -2.26. The molecule has 1 aromatic heterocycles. The van der Waals surface area contributed by atoms with Crippen LogP contribution in [0.2, 0.25) is 0 Å². The van der Waals surface area contributed by atoms with Gasteiger partial charge in [0.2, 0.25) is 11.8 Å².